The quantitative estimate of drug-likeness (QED) is 0.518. The van der Waals surface area contributed by atoms with Crippen LogP contribution >= 0.6 is 0 Å². The lowest BCUT2D eigenvalue weighted by Gasteiger charge is -1.99. The van der Waals surface area contributed by atoms with Crippen molar-refractivity contribution in [2.24, 2.45) is 11.8 Å². The number of methoxy groups -OCH3 is 1. The van der Waals surface area contributed by atoms with Crippen LogP contribution in [0.15, 0.2) is 48.2 Å². The number of ether oxygens (including phenoxy) is 1. The monoisotopic (exact) mass is 272 g/mol. The predicted octanol–water partition coefficient (Wildman–Crippen LogP) is 3.73. The first kappa shape index (κ1) is 14.4. The Morgan fingerprint density at radius 2 is 1.80 bits per heavy atom. The van der Waals surface area contributed by atoms with Crippen molar-refractivity contribution in [2.75, 3.05) is 7.11 Å². The second-order valence-electron chi connectivity index (χ2n) is 5.15. The lowest BCUT2D eigenvalue weighted by molar-refractivity contribution is -0.135. The van der Waals surface area contributed by atoms with Gasteiger partial charge in [-0.05, 0) is 42.7 Å². The molecule has 0 aliphatic heterocycles. The number of carboxylic acids is 1. The zero-order valence-corrected chi connectivity index (χ0v) is 11.7. The summed E-state index contributed by atoms with van der Waals surface area (Å²) >= 11 is 0. The van der Waals surface area contributed by atoms with Crippen molar-refractivity contribution in [1.82, 2.24) is 0 Å². The molecule has 1 aromatic rings. The van der Waals surface area contributed by atoms with Gasteiger partial charge in [0.05, 0.1) is 7.11 Å². The van der Waals surface area contributed by atoms with Crippen molar-refractivity contribution >= 4 is 12.0 Å². The molecule has 0 heterocycles. The molecule has 0 spiro atoms. The molecule has 0 saturated heterocycles. The zero-order valence-electron chi connectivity index (χ0n) is 11.7. The highest BCUT2D eigenvalue weighted by Gasteiger charge is 2.25. The average Bonchev–Trinajstić information content (AvgIpc) is 3.11. The summed E-state index contributed by atoms with van der Waals surface area (Å²) in [5.41, 5.74) is 0.807. The number of rotatable bonds is 3. The molecule has 1 saturated carbocycles. The molecule has 0 amide bonds. The summed E-state index contributed by atoms with van der Waals surface area (Å²) in [6, 6.07) is 9.15. The van der Waals surface area contributed by atoms with Crippen LogP contribution in [-0.4, -0.2) is 18.2 Å². The SMILES string of the molecule is C1=CC2CCC1C2.COC(=Cc1ccccc1)C(=O)O. The van der Waals surface area contributed by atoms with E-state index in [0.29, 0.717) is 0 Å². The van der Waals surface area contributed by atoms with E-state index >= 15 is 0 Å². The molecule has 0 radical (unpaired) electrons. The maximum absolute atomic E-state index is 10.5. The van der Waals surface area contributed by atoms with Crippen molar-refractivity contribution in [1.29, 1.82) is 0 Å². The van der Waals surface area contributed by atoms with Crippen molar-refractivity contribution in [3.63, 3.8) is 0 Å². The lowest BCUT2D eigenvalue weighted by atomic mass is 10.1. The number of carboxylic acid groups (broad SMARTS) is 1. The highest BCUT2D eigenvalue weighted by atomic mass is 16.5. The maximum Gasteiger partial charge on any atom is 0.371 e. The number of allylic oxidation sites excluding steroid dienone is 2. The number of aliphatic carboxylic acids is 1. The van der Waals surface area contributed by atoms with Crippen LogP contribution in [0.3, 0.4) is 0 Å². The highest BCUT2D eigenvalue weighted by Crippen LogP contribution is 2.38. The Balaban J connectivity index is 0.000000173. The molecule has 0 aromatic heterocycles. The van der Waals surface area contributed by atoms with Crippen LogP contribution in [-0.2, 0) is 9.53 Å². The molecule has 3 nitrogen and oxygen atoms in total. The van der Waals surface area contributed by atoms with Crippen LogP contribution in [0.1, 0.15) is 24.8 Å². The first-order valence-corrected chi connectivity index (χ1v) is 6.91. The molecular formula is C17H20O3. The van der Waals surface area contributed by atoms with E-state index in [-0.39, 0.29) is 5.76 Å². The van der Waals surface area contributed by atoms with Gasteiger partial charge in [0.25, 0.3) is 0 Å². The third kappa shape index (κ3) is 3.98. The summed E-state index contributed by atoms with van der Waals surface area (Å²) in [6.07, 6.45) is 10.7. The smallest absolute Gasteiger partial charge is 0.371 e. The molecule has 3 heteroatoms. The average molecular weight is 272 g/mol. The van der Waals surface area contributed by atoms with Crippen molar-refractivity contribution in [2.45, 2.75) is 19.3 Å². The van der Waals surface area contributed by atoms with Gasteiger partial charge in [-0.1, -0.05) is 42.5 Å². The van der Waals surface area contributed by atoms with Gasteiger partial charge in [0, 0.05) is 0 Å². The van der Waals surface area contributed by atoms with E-state index in [1.165, 1.54) is 32.4 Å². The molecule has 2 aliphatic rings. The Bertz CT molecular complexity index is 490. The first-order valence-electron chi connectivity index (χ1n) is 6.91. The van der Waals surface area contributed by atoms with Crippen LogP contribution in [0.25, 0.3) is 6.08 Å². The summed E-state index contributed by atoms with van der Waals surface area (Å²) < 4.78 is 4.68. The number of hydrogen-bond donors (Lipinski definition) is 1. The maximum atomic E-state index is 10.5. The van der Waals surface area contributed by atoms with E-state index in [2.05, 4.69) is 16.9 Å². The number of carbonyl (C=O) groups is 1. The van der Waals surface area contributed by atoms with E-state index in [4.69, 9.17) is 5.11 Å². The Hall–Kier alpha value is -2.03. The number of hydrogen-bond acceptors (Lipinski definition) is 2. The fourth-order valence-corrected chi connectivity index (χ4v) is 2.63. The third-order valence-corrected chi connectivity index (χ3v) is 3.70. The van der Waals surface area contributed by atoms with Gasteiger partial charge < -0.3 is 9.84 Å². The zero-order chi connectivity index (χ0) is 14.4. The molecule has 2 unspecified atom stereocenters. The number of fused-ring (bicyclic) bond motifs is 2. The van der Waals surface area contributed by atoms with Gasteiger partial charge in [-0.25, -0.2) is 4.79 Å². The van der Waals surface area contributed by atoms with E-state index in [9.17, 15) is 4.79 Å². The highest BCUT2D eigenvalue weighted by molar-refractivity contribution is 5.89. The second-order valence-corrected chi connectivity index (χ2v) is 5.15. The number of benzene rings is 1. The molecule has 1 fully saturated rings. The van der Waals surface area contributed by atoms with Gasteiger partial charge in [-0.15, -0.1) is 0 Å². The van der Waals surface area contributed by atoms with E-state index in [0.717, 1.165) is 17.4 Å². The van der Waals surface area contributed by atoms with Gasteiger partial charge in [-0.2, -0.15) is 0 Å². The Kier molecular flexibility index (Phi) is 4.99. The largest absolute Gasteiger partial charge is 0.490 e. The van der Waals surface area contributed by atoms with Crippen molar-refractivity contribution in [3.8, 4) is 0 Å². The second kappa shape index (κ2) is 6.94. The summed E-state index contributed by atoms with van der Waals surface area (Å²) in [7, 11) is 1.34. The van der Waals surface area contributed by atoms with Gasteiger partial charge in [-0.3, -0.25) is 0 Å². The molecule has 2 bridgehead atoms. The summed E-state index contributed by atoms with van der Waals surface area (Å²) in [6.45, 7) is 0. The third-order valence-electron chi connectivity index (χ3n) is 3.70. The Labute approximate surface area is 119 Å². The van der Waals surface area contributed by atoms with Crippen LogP contribution in [0, 0.1) is 11.8 Å². The van der Waals surface area contributed by atoms with Gasteiger partial charge >= 0.3 is 5.97 Å². The van der Waals surface area contributed by atoms with Crippen LogP contribution in [0.5, 0.6) is 0 Å². The van der Waals surface area contributed by atoms with E-state index in [1.807, 2.05) is 30.3 Å². The normalized spacial score (nSPS) is 23.1. The molecular weight excluding hydrogens is 252 g/mol. The minimum atomic E-state index is -1.06. The molecule has 1 N–H and O–H groups in total. The van der Waals surface area contributed by atoms with Crippen molar-refractivity contribution in [3.05, 3.63) is 53.8 Å². The minimum absolute atomic E-state index is 0.0637. The summed E-state index contributed by atoms with van der Waals surface area (Å²) in [5, 5.41) is 8.64. The van der Waals surface area contributed by atoms with Crippen LogP contribution in [0.4, 0.5) is 0 Å². The van der Waals surface area contributed by atoms with E-state index < -0.39 is 5.97 Å². The van der Waals surface area contributed by atoms with Gasteiger partial charge in [0.2, 0.25) is 5.76 Å². The molecule has 1 aromatic carbocycles. The van der Waals surface area contributed by atoms with Crippen molar-refractivity contribution < 1.29 is 14.6 Å². The summed E-state index contributed by atoms with van der Waals surface area (Å²) in [4.78, 5) is 10.5. The standard InChI is InChI=1S/C10H10O3.C7H10/c1-13-9(10(11)12)7-8-5-3-2-4-6-8;1-2-7-4-3-6(1)5-7/h2-7H,1H3,(H,11,12);1-2,6-7H,3-5H2. The molecule has 20 heavy (non-hydrogen) atoms. The van der Waals surface area contributed by atoms with Crippen LogP contribution in [0.2, 0.25) is 0 Å². The lowest BCUT2D eigenvalue weighted by Crippen LogP contribution is -2.01. The summed E-state index contributed by atoms with van der Waals surface area (Å²) in [5.74, 6) is 0.854. The molecule has 2 aliphatic carbocycles. The predicted molar refractivity (Wildman–Crippen MR) is 79.0 cm³/mol. The minimum Gasteiger partial charge on any atom is -0.490 e. The van der Waals surface area contributed by atoms with Gasteiger partial charge in [0.15, 0.2) is 0 Å². The Morgan fingerprint density at radius 1 is 1.20 bits per heavy atom. The van der Waals surface area contributed by atoms with Gasteiger partial charge in [0.1, 0.15) is 0 Å². The fraction of sp³-hybridized carbons (Fsp3) is 0.353. The molecule has 106 valence electrons. The van der Waals surface area contributed by atoms with Crippen LogP contribution < -0.4 is 0 Å². The molecule has 2 atom stereocenters. The Morgan fingerprint density at radius 3 is 2.15 bits per heavy atom. The fourth-order valence-electron chi connectivity index (χ4n) is 2.63. The topological polar surface area (TPSA) is 46.5 Å². The van der Waals surface area contributed by atoms with E-state index in [1.54, 1.807) is 0 Å². The first-order chi connectivity index (χ1) is 9.69. The molecule has 3 rings (SSSR count).